The zero-order valence-electron chi connectivity index (χ0n) is 13.3. The van der Waals surface area contributed by atoms with Gasteiger partial charge in [0.05, 0.1) is 0 Å². The van der Waals surface area contributed by atoms with Crippen LogP contribution in [0.25, 0.3) is 0 Å². The van der Waals surface area contributed by atoms with E-state index in [0.717, 1.165) is 12.0 Å². The molecule has 0 unspecified atom stereocenters. The minimum atomic E-state index is 0.759. The lowest BCUT2D eigenvalue weighted by molar-refractivity contribution is 0.221. The lowest BCUT2D eigenvalue weighted by atomic mass is 9.82. The monoisotopic (exact) mass is 286 g/mol. The summed E-state index contributed by atoms with van der Waals surface area (Å²) in [6.07, 6.45) is 9.65. The van der Waals surface area contributed by atoms with Crippen molar-refractivity contribution in [1.29, 1.82) is 0 Å². The summed E-state index contributed by atoms with van der Waals surface area (Å²) in [5.74, 6) is 0.798. The van der Waals surface area contributed by atoms with E-state index in [4.69, 9.17) is 0 Å². The smallest absolute Gasteiger partial charge is 0.0107 e. The van der Waals surface area contributed by atoms with Gasteiger partial charge in [-0.05, 0) is 63.1 Å². The highest BCUT2D eigenvalue weighted by Gasteiger charge is 2.21. The zero-order chi connectivity index (χ0) is 14.3. The standard InChI is InChI=1S/C19H30N2/c1-3-7-17(8-4-1)18-9-11-19(12-10-18)20-13-16-21-14-5-2-6-15-21/h1,3-4,7-8,18-20H,2,5-6,9-16H2. The average molecular weight is 286 g/mol. The van der Waals surface area contributed by atoms with Gasteiger partial charge in [0.2, 0.25) is 0 Å². The van der Waals surface area contributed by atoms with Crippen LogP contribution >= 0.6 is 0 Å². The van der Waals surface area contributed by atoms with E-state index < -0.39 is 0 Å². The van der Waals surface area contributed by atoms with E-state index in [2.05, 4.69) is 40.5 Å². The molecular weight excluding hydrogens is 256 g/mol. The zero-order valence-corrected chi connectivity index (χ0v) is 13.3. The molecule has 21 heavy (non-hydrogen) atoms. The van der Waals surface area contributed by atoms with E-state index in [9.17, 15) is 0 Å². The molecule has 0 radical (unpaired) electrons. The molecule has 0 atom stereocenters. The summed E-state index contributed by atoms with van der Waals surface area (Å²) in [6.45, 7) is 5.07. The molecule has 0 bridgehead atoms. The van der Waals surface area contributed by atoms with E-state index in [1.807, 2.05) is 0 Å². The molecule has 1 aliphatic carbocycles. The first-order valence-electron chi connectivity index (χ1n) is 8.92. The maximum absolute atomic E-state index is 3.80. The second-order valence-electron chi connectivity index (χ2n) is 6.82. The molecule has 2 nitrogen and oxygen atoms in total. The van der Waals surface area contributed by atoms with E-state index in [1.165, 1.54) is 71.1 Å². The molecule has 2 heteroatoms. The highest BCUT2D eigenvalue weighted by molar-refractivity contribution is 5.20. The maximum atomic E-state index is 3.80. The molecule has 116 valence electrons. The summed E-state index contributed by atoms with van der Waals surface area (Å²) in [5, 5.41) is 3.80. The molecule has 2 fully saturated rings. The van der Waals surface area contributed by atoms with Gasteiger partial charge in [-0.1, -0.05) is 36.8 Å². The number of hydrogen-bond acceptors (Lipinski definition) is 2. The Kier molecular flexibility index (Phi) is 5.70. The van der Waals surface area contributed by atoms with Crippen molar-refractivity contribution >= 4 is 0 Å². The second kappa shape index (κ2) is 7.95. The maximum Gasteiger partial charge on any atom is 0.0107 e. The van der Waals surface area contributed by atoms with Crippen LogP contribution in [0.2, 0.25) is 0 Å². The summed E-state index contributed by atoms with van der Waals surface area (Å²) < 4.78 is 0. The van der Waals surface area contributed by atoms with Crippen LogP contribution in [0.5, 0.6) is 0 Å². The number of nitrogens with zero attached hydrogens (tertiary/aromatic N) is 1. The van der Waals surface area contributed by atoms with Crippen LogP contribution in [0.3, 0.4) is 0 Å². The Labute approximate surface area is 129 Å². The third kappa shape index (κ3) is 4.55. The van der Waals surface area contributed by atoms with Gasteiger partial charge in [-0.2, -0.15) is 0 Å². The van der Waals surface area contributed by atoms with Crippen molar-refractivity contribution in [3.8, 4) is 0 Å². The first-order chi connectivity index (χ1) is 10.4. The van der Waals surface area contributed by atoms with Crippen molar-refractivity contribution in [2.45, 2.75) is 56.9 Å². The van der Waals surface area contributed by atoms with Gasteiger partial charge in [0.15, 0.2) is 0 Å². The van der Waals surface area contributed by atoms with Gasteiger partial charge in [0.25, 0.3) is 0 Å². The number of benzene rings is 1. The Bertz CT molecular complexity index is 389. The first-order valence-corrected chi connectivity index (χ1v) is 8.92. The lowest BCUT2D eigenvalue weighted by Gasteiger charge is -2.31. The molecular formula is C19H30N2. The summed E-state index contributed by atoms with van der Waals surface area (Å²) in [5.41, 5.74) is 1.55. The molecule has 1 aromatic carbocycles. The molecule has 2 aliphatic rings. The Balaban J connectivity index is 1.34. The van der Waals surface area contributed by atoms with E-state index in [1.54, 1.807) is 5.56 Å². The molecule has 1 N–H and O–H groups in total. The molecule has 1 aromatic rings. The third-order valence-corrected chi connectivity index (χ3v) is 5.31. The minimum Gasteiger partial charge on any atom is -0.313 e. The van der Waals surface area contributed by atoms with E-state index in [0.29, 0.717) is 0 Å². The predicted octanol–water partition coefficient (Wildman–Crippen LogP) is 3.79. The van der Waals surface area contributed by atoms with Crippen molar-refractivity contribution in [3.05, 3.63) is 35.9 Å². The number of likely N-dealkylation sites (tertiary alicyclic amines) is 1. The Hall–Kier alpha value is -0.860. The van der Waals surface area contributed by atoms with Gasteiger partial charge in [-0.3, -0.25) is 0 Å². The van der Waals surface area contributed by atoms with Gasteiger partial charge < -0.3 is 10.2 Å². The van der Waals surface area contributed by atoms with Crippen molar-refractivity contribution in [3.63, 3.8) is 0 Å². The fourth-order valence-corrected chi connectivity index (χ4v) is 3.97. The number of piperidine rings is 1. The topological polar surface area (TPSA) is 15.3 Å². The highest BCUT2D eigenvalue weighted by atomic mass is 15.1. The summed E-state index contributed by atoms with van der Waals surface area (Å²) in [4.78, 5) is 2.63. The predicted molar refractivity (Wildman–Crippen MR) is 89.7 cm³/mol. The number of nitrogens with one attached hydrogen (secondary N) is 1. The van der Waals surface area contributed by atoms with Gasteiger partial charge >= 0.3 is 0 Å². The summed E-state index contributed by atoms with van der Waals surface area (Å²) >= 11 is 0. The van der Waals surface area contributed by atoms with Crippen LogP contribution in [0, 0.1) is 0 Å². The Morgan fingerprint density at radius 3 is 2.33 bits per heavy atom. The van der Waals surface area contributed by atoms with Crippen molar-refractivity contribution < 1.29 is 0 Å². The molecule has 0 amide bonds. The second-order valence-corrected chi connectivity index (χ2v) is 6.82. The molecule has 1 saturated carbocycles. The summed E-state index contributed by atoms with van der Waals surface area (Å²) in [7, 11) is 0. The van der Waals surface area contributed by atoms with Gasteiger partial charge in [-0.15, -0.1) is 0 Å². The van der Waals surface area contributed by atoms with Crippen molar-refractivity contribution in [2.24, 2.45) is 0 Å². The molecule has 3 rings (SSSR count). The fraction of sp³-hybridized carbons (Fsp3) is 0.684. The van der Waals surface area contributed by atoms with Crippen LogP contribution in [0.4, 0.5) is 0 Å². The Morgan fingerprint density at radius 1 is 0.905 bits per heavy atom. The van der Waals surface area contributed by atoms with E-state index >= 15 is 0 Å². The van der Waals surface area contributed by atoms with Gasteiger partial charge in [-0.25, -0.2) is 0 Å². The Morgan fingerprint density at radius 2 is 1.62 bits per heavy atom. The normalized spacial score (nSPS) is 27.6. The molecule has 0 spiro atoms. The SMILES string of the molecule is c1ccc(C2CCC(NCCN3CCCCC3)CC2)cc1. The van der Waals surface area contributed by atoms with Gasteiger partial charge in [0, 0.05) is 19.1 Å². The minimum absolute atomic E-state index is 0.759. The highest BCUT2D eigenvalue weighted by Crippen LogP contribution is 2.32. The van der Waals surface area contributed by atoms with Crippen LogP contribution in [-0.4, -0.2) is 37.1 Å². The lowest BCUT2D eigenvalue weighted by Crippen LogP contribution is -2.40. The van der Waals surface area contributed by atoms with Gasteiger partial charge in [0.1, 0.15) is 0 Å². The van der Waals surface area contributed by atoms with Crippen LogP contribution in [0.15, 0.2) is 30.3 Å². The summed E-state index contributed by atoms with van der Waals surface area (Å²) in [6, 6.07) is 11.8. The third-order valence-electron chi connectivity index (χ3n) is 5.31. The first kappa shape index (κ1) is 15.1. The van der Waals surface area contributed by atoms with Crippen molar-refractivity contribution in [1.82, 2.24) is 10.2 Å². The number of rotatable bonds is 5. The van der Waals surface area contributed by atoms with Crippen LogP contribution in [0.1, 0.15) is 56.4 Å². The van der Waals surface area contributed by atoms with Crippen molar-refractivity contribution in [2.75, 3.05) is 26.2 Å². The number of hydrogen-bond donors (Lipinski definition) is 1. The molecule has 1 saturated heterocycles. The molecule has 0 aromatic heterocycles. The average Bonchev–Trinajstić information content (AvgIpc) is 2.57. The molecule has 1 heterocycles. The van der Waals surface area contributed by atoms with Crippen LogP contribution in [-0.2, 0) is 0 Å². The largest absolute Gasteiger partial charge is 0.313 e. The van der Waals surface area contributed by atoms with Crippen LogP contribution < -0.4 is 5.32 Å². The fourth-order valence-electron chi connectivity index (χ4n) is 3.97. The van der Waals surface area contributed by atoms with E-state index in [-0.39, 0.29) is 0 Å². The quantitative estimate of drug-likeness (QED) is 0.886. The molecule has 1 aliphatic heterocycles.